The number of fused-ring (bicyclic) bond motifs is 1. The summed E-state index contributed by atoms with van der Waals surface area (Å²) in [4.78, 5) is 2.24. The van der Waals surface area contributed by atoms with Crippen molar-refractivity contribution in [2.45, 2.75) is 31.8 Å². The number of hydrogen-bond acceptors (Lipinski definition) is 2. The highest BCUT2D eigenvalue weighted by atomic mass is 19.1. The zero-order valence-corrected chi connectivity index (χ0v) is 11.2. The first kappa shape index (κ1) is 13.0. The number of halogens is 2. The van der Waals surface area contributed by atoms with Gasteiger partial charge >= 0.3 is 0 Å². The molecule has 2 fully saturated rings. The highest BCUT2D eigenvalue weighted by molar-refractivity contribution is 5.22. The lowest BCUT2D eigenvalue weighted by Crippen LogP contribution is -2.31. The van der Waals surface area contributed by atoms with Crippen molar-refractivity contribution in [3.05, 3.63) is 35.4 Å². The summed E-state index contributed by atoms with van der Waals surface area (Å²) in [7, 11) is 0. The molecule has 1 aliphatic heterocycles. The van der Waals surface area contributed by atoms with E-state index in [2.05, 4.69) is 4.90 Å². The molecule has 0 radical (unpaired) electrons. The van der Waals surface area contributed by atoms with Crippen molar-refractivity contribution >= 4 is 0 Å². The van der Waals surface area contributed by atoms with E-state index < -0.39 is 0 Å². The van der Waals surface area contributed by atoms with Gasteiger partial charge in [0.15, 0.2) is 0 Å². The van der Waals surface area contributed by atoms with E-state index in [1.54, 1.807) is 0 Å². The first-order valence-electron chi connectivity index (χ1n) is 7.01. The van der Waals surface area contributed by atoms with E-state index in [4.69, 9.17) is 5.73 Å². The number of likely N-dealkylation sites (tertiary alicyclic amines) is 1. The predicted molar refractivity (Wildman–Crippen MR) is 70.5 cm³/mol. The number of hydrogen-bond donors (Lipinski definition) is 1. The van der Waals surface area contributed by atoms with E-state index in [0.29, 0.717) is 17.4 Å². The van der Waals surface area contributed by atoms with Gasteiger partial charge in [-0.25, -0.2) is 8.78 Å². The van der Waals surface area contributed by atoms with E-state index in [9.17, 15) is 8.78 Å². The molecule has 2 nitrogen and oxygen atoms in total. The van der Waals surface area contributed by atoms with E-state index in [1.807, 2.05) is 6.92 Å². The molecule has 4 unspecified atom stereocenters. The van der Waals surface area contributed by atoms with Gasteiger partial charge in [-0.2, -0.15) is 0 Å². The van der Waals surface area contributed by atoms with Gasteiger partial charge in [0.05, 0.1) is 0 Å². The molecule has 0 bridgehead atoms. The third kappa shape index (κ3) is 2.28. The van der Waals surface area contributed by atoms with Crippen LogP contribution < -0.4 is 5.73 Å². The van der Waals surface area contributed by atoms with Crippen LogP contribution in [-0.2, 0) is 0 Å². The normalized spacial score (nSPS) is 32.5. The minimum atomic E-state index is -0.376. The molecule has 104 valence electrons. The van der Waals surface area contributed by atoms with Gasteiger partial charge in [-0.05, 0) is 49.8 Å². The first-order chi connectivity index (χ1) is 9.06. The molecule has 2 N–H and O–H groups in total. The van der Waals surface area contributed by atoms with Crippen molar-refractivity contribution in [1.29, 1.82) is 0 Å². The highest BCUT2D eigenvalue weighted by Gasteiger charge is 2.42. The van der Waals surface area contributed by atoms with Gasteiger partial charge in [0, 0.05) is 30.7 Å². The lowest BCUT2D eigenvalue weighted by Gasteiger charge is -2.26. The maximum atomic E-state index is 13.8. The SMILES string of the molecule is CC(c1cc(F)ccc1F)N1CC2CCC(N)C2C1. The van der Waals surface area contributed by atoms with Gasteiger partial charge in [0.2, 0.25) is 0 Å². The van der Waals surface area contributed by atoms with Crippen LogP contribution in [0.4, 0.5) is 8.78 Å². The number of nitrogens with two attached hydrogens (primary N) is 1. The van der Waals surface area contributed by atoms with Crippen LogP contribution in [0, 0.1) is 23.5 Å². The van der Waals surface area contributed by atoms with Crippen molar-refractivity contribution in [2.75, 3.05) is 13.1 Å². The largest absolute Gasteiger partial charge is 0.327 e. The van der Waals surface area contributed by atoms with Crippen LogP contribution in [-0.4, -0.2) is 24.0 Å². The highest BCUT2D eigenvalue weighted by Crippen LogP contribution is 2.40. The minimum absolute atomic E-state index is 0.0894. The summed E-state index contributed by atoms with van der Waals surface area (Å²) in [5, 5.41) is 0. The van der Waals surface area contributed by atoms with Crippen LogP contribution in [0.3, 0.4) is 0 Å². The monoisotopic (exact) mass is 266 g/mol. The minimum Gasteiger partial charge on any atom is -0.327 e. The molecule has 1 aliphatic carbocycles. The van der Waals surface area contributed by atoms with Gasteiger partial charge in [-0.3, -0.25) is 4.90 Å². The maximum absolute atomic E-state index is 13.8. The Morgan fingerprint density at radius 1 is 1.26 bits per heavy atom. The smallest absolute Gasteiger partial charge is 0.128 e. The third-order valence-corrected chi connectivity index (χ3v) is 4.90. The Kier molecular flexibility index (Phi) is 3.31. The zero-order chi connectivity index (χ0) is 13.6. The lowest BCUT2D eigenvalue weighted by molar-refractivity contribution is 0.234. The van der Waals surface area contributed by atoms with Crippen LogP contribution in [0.2, 0.25) is 0 Å². The Morgan fingerprint density at radius 3 is 2.79 bits per heavy atom. The average Bonchev–Trinajstić information content (AvgIpc) is 2.94. The quantitative estimate of drug-likeness (QED) is 0.891. The fourth-order valence-corrected chi connectivity index (χ4v) is 3.69. The summed E-state index contributed by atoms with van der Waals surface area (Å²) in [5.74, 6) is 0.461. The topological polar surface area (TPSA) is 29.3 Å². The number of benzene rings is 1. The molecule has 4 heteroatoms. The summed E-state index contributed by atoms with van der Waals surface area (Å²) in [6, 6.07) is 3.88. The van der Waals surface area contributed by atoms with Gasteiger partial charge < -0.3 is 5.73 Å². The molecule has 1 saturated heterocycles. The molecule has 1 saturated carbocycles. The van der Waals surface area contributed by atoms with Crippen LogP contribution in [0.5, 0.6) is 0 Å². The molecule has 1 aromatic rings. The van der Waals surface area contributed by atoms with Crippen LogP contribution in [0.25, 0.3) is 0 Å². The molecule has 1 heterocycles. The Labute approximate surface area is 112 Å². The molecule has 0 aromatic heterocycles. The predicted octanol–water partition coefficient (Wildman–Crippen LogP) is 2.69. The van der Waals surface area contributed by atoms with Crippen molar-refractivity contribution in [2.24, 2.45) is 17.6 Å². The zero-order valence-electron chi connectivity index (χ0n) is 11.2. The molecule has 19 heavy (non-hydrogen) atoms. The number of nitrogens with zero attached hydrogens (tertiary/aromatic N) is 1. The molecule has 2 aliphatic rings. The van der Waals surface area contributed by atoms with Crippen molar-refractivity contribution < 1.29 is 8.78 Å². The molecule has 0 amide bonds. The standard InChI is InChI=1S/C15H20F2N2/c1-9(12-6-11(16)3-4-14(12)17)19-7-10-2-5-15(18)13(10)8-19/h3-4,6,9-10,13,15H,2,5,7-8,18H2,1H3. The van der Waals surface area contributed by atoms with Crippen LogP contribution in [0.1, 0.15) is 31.4 Å². The molecular formula is C15H20F2N2. The third-order valence-electron chi connectivity index (χ3n) is 4.90. The summed E-state index contributed by atoms with van der Waals surface area (Å²) in [6.07, 6.45) is 2.27. The van der Waals surface area contributed by atoms with Gasteiger partial charge in [-0.1, -0.05) is 0 Å². The van der Waals surface area contributed by atoms with Crippen molar-refractivity contribution in [1.82, 2.24) is 4.90 Å². The van der Waals surface area contributed by atoms with Crippen molar-refractivity contribution in [3.8, 4) is 0 Å². The van der Waals surface area contributed by atoms with Gasteiger partial charge in [0.1, 0.15) is 11.6 Å². The fourth-order valence-electron chi connectivity index (χ4n) is 3.69. The summed E-state index contributed by atoms with van der Waals surface area (Å²) >= 11 is 0. The molecular weight excluding hydrogens is 246 g/mol. The first-order valence-corrected chi connectivity index (χ1v) is 7.01. The Balaban J connectivity index is 1.78. The second kappa shape index (κ2) is 4.84. The summed E-state index contributed by atoms with van der Waals surface area (Å²) in [6.45, 7) is 3.81. The average molecular weight is 266 g/mol. The molecule has 1 aromatic carbocycles. The Bertz CT molecular complexity index is 477. The maximum Gasteiger partial charge on any atom is 0.128 e. The number of rotatable bonds is 2. The van der Waals surface area contributed by atoms with Gasteiger partial charge in [0.25, 0.3) is 0 Å². The summed E-state index contributed by atoms with van der Waals surface area (Å²) in [5.41, 5.74) is 6.57. The van der Waals surface area contributed by atoms with E-state index >= 15 is 0 Å². The second-order valence-corrected chi connectivity index (χ2v) is 5.96. The van der Waals surface area contributed by atoms with E-state index in [1.165, 1.54) is 24.6 Å². The van der Waals surface area contributed by atoms with Crippen molar-refractivity contribution in [3.63, 3.8) is 0 Å². The summed E-state index contributed by atoms with van der Waals surface area (Å²) < 4.78 is 27.1. The second-order valence-electron chi connectivity index (χ2n) is 5.96. The molecule has 3 rings (SSSR count). The Morgan fingerprint density at radius 2 is 2.05 bits per heavy atom. The van der Waals surface area contributed by atoms with Gasteiger partial charge in [-0.15, -0.1) is 0 Å². The van der Waals surface area contributed by atoms with Crippen LogP contribution in [0.15, 0.2) is 18.2 Å². The Hall–Kier alpha value is -1.00. The van der Waals surface area contributed by atoms with E-state index in [0.717, 1.165) is 19.5 Å². The lowest BCUT2D eigenvalue weighted by atomic mass is 9.98. The van der Waals surface area contributed by atoms with Crippen LogP contribution >= 0.6 is 0 Å². The molecule has 4 atom stereocenters. The fraction of sp³-hybridized carbons (Fsp3) is 0.600. The molecule has 0 spiro atoms. The van der Waals surface area contributed by atoms with E-state index in [-0.39, 0.29) is 23.7 Å².